The molecule has 0 atom stereocenters. The number of allylic oxidation sites excluding steroid dienone is 2. The first-order chi connectivity index (χ1) is 9.95. The van der Waals surface area contributed by atoms with E-state index in [0.717, 1.165) is 11.1 Å². The molecule has 0 amide bonds. The van der Waals surface area contributed by atoms with Crippen molar-refractivity contribution in [1.29, 1.82) is 0 Å². The first-order valence-corrected chi connectivity index (χ1v) is 6.45. The van der Waals surface area contributed by atoms with Crippen molar-refractivity contribution >= 4 is 24.6 Å². The minimum Gasteiger partial charge on any atom is -0.159 e. The molecule has 0 spiro atoms. The van der Waals surface area contributed by atoms with Crippen LogP contribution in [0.3, 0.4) is 0 Å². The lowest BCUT2D eigenvalue weighted by atomic mass is 10.2. The van der Waals surface area contributed by atoms with Crippen molar-refractivity contribution in [3.8, 4) is 0 Å². The van der Waals surface area contributed by atoms with Gasteiger partial charge in [0, 0.05) is 12.4 Å². The summed E-state index contributed by atoms with van der Waals surface area (Å²) in [6.45, 7) is 0. The summed E-state index contributed by atoms with van der Waals surface area (Å²) in [5.74, 6) is 0. The predicted octanol–water partition coefficient (Wildman–Crippen LogP) is 4.47. The average molecular weight is 260 g/mol. The maximum atomic E-state index is 3.92. The maximum absolute atomic E-state index is 3.92. The summed E-state index contributed by atoms with van der Waals surface area (Å²) in [5, 5.41) is 7.85. The second-order valence-corrected chi connectivity index (χ2v) is 4.07. The van der Waals surface area contributed by atoms with E-state index in [0.29, 0.717) is 0 Å². The van der Waals surface area contributed by atoms with E-state index < -0.39 is 0 Å². The highest BCUT2D eigenvalue weighted by Crippen LogP contribution is 2.00. The molecule has 0 saturated heterocycles. The summed E-state index contributed by atoms with van der Waals surface area (Å²) in [6, 6.07) is 20.2. The summed E-state index contributed by atoms with van der Waals surface area (Å²) < 4.78 is 0. The van der Waals surface area contributed by atoms with Crippen LogP contribution in [0.4, 0.5) is 0 Å². The van der Waals surface area contributed by atoms with Crippen LogP contribution in [0.5, 0.6) is 0 Å². The lowest BCUT2D eigenvalue weighted by Crippen LogP contribution is -1.70. The van der Waals surface area contributed by atoms with E-state index in [9.17, 15) is 0 Å². The Kier molecular flexibility index (Phi) is 5.73. The summed E-state index contributed by atoms with van der Waals surface area (Å²) >= 11 is 0. The molecule has 0 N–H and O–H groups in total. The van der Waals surface area contributed by atoms with E-state index in [2.05, 4.69) is 10.2 Å². The van der Waals surface area contributed by atoms with Crippen molar-refractivity contribution in [3.63, 3.8) is 0 Å². The van der Waals surface area contributed by atoms with Gasteiger partial charge in [0.25, 0.3) is 0 Å². The quantitative estimate of drug-likeness (QED) is 0.559. The highest BCUT2D eigenvalue weighted by molar-refractivity contribution is 5.81. The molecule has 0 unspecified atom stereocenters. The van der Waals surface area contributed by atoms with Gasteiger partial charge in [0.05, 0.1) is 0 Å². The van der Waals surface area contributed by atoms with Crippen LogP contribution in [0.2, 0.25) is 0 Å². The van der Waals surface area contributed by atoms with Gasteiger partial charge in [-0.25, -0.2) is 0 Å². The number of nitrogens with zero attached hydrogens (tertiary/aromatic N) is 2. The predicted molar refractivity (Wildman–Crippen MR) is 87.9 cm³/mol. The zero-order chi connectivity index (χ0) is 13.9. The van der Waals surface area contributed by atoms with Gasteiger partial charge in [0.1, 0.15) is 0 Å². The molecule has 0 aliphatic rings. The monoisotopic (exact) mass is 260 g/mol. The van der Waals surface area contributed by atoms with Gasteiger partial charge in [-0.3, -0.25) is 0 Å². The largest absolute Gasteiger partial charge is 0.159 e. The van der Waals surface area contributed by atoms with Crippen molar-refractivity contribution in [2.75, 3.05) is 0 Å². The molecule has 2 aromatic rings. The summed E-state index contributed by atoms with van der Waals surface area (Å²) in [5.41, 5.74) is 2.29. The number of benzene rings is 2. The summed E-state index contributed by atoms with van der Waals surface area (Å²) in [6.07, 6.45) is 11.0. The topological polar surface area (TPSA) is 24.7 Å². The van der Waals surface area contributed by atoms with Gasteiger partial charge in [-0.1, -0.05) is 72.8 Å². The fraction of sp³-hybridized carbons (Fsp3) is 0. The number of rotatable bonds is 5. The van der Waals surface area contributed by atoms with Crippen LogP contribution >= 0.6 is 0 Å². The van der Waals surface area contributed by atoms with Crippen molar-refractivity contribution in [2.45, 2.75) is 0 Å². The Morgan fingerprint density at radius 1 is 0.550 bits per heavy atom. The Balaban J connectivity index is 1.77. The minimum atomic E-state index is 1.15. The van der Waals surface area contributed by atoms with Crippen LogP contribution in [0.15, 0.2) is 83.0 Å². The Labute approximate surface area is 119 Å². The summed E-state index contributed by atoms with van der Waals surface area (Å²) in [7, 11) is 0. The maximum Gasteiger partial charge on any atom is 0.0495 e. The Morgan fingerprint density at radius 3 is 1.35 bits per heavy atom. The first kappa shape index (κ1) is 13.7. The second-order valence-electron chi connectivity index (χ2n) is 4.07. The van der Waals surface area contributed by atoms with Gasteiger partial charge >= 0.3 is 0 Å². The van der Waals surface area contributed by atoms with Gasteiger partial charge in [-0.2, -0.15) is 10.2 Å². The smallest absolute Gasteiger partial charge is 0.0495 e. The normalized spacial score (nSPS) is 12.2. The molecular weight excluding hydrogens is 244 g/mol. The van der Waals surface area contributed by atoms with Crippen molar-refractivity contribution < 1.29 is 0 Å². The molecule has 0 heterocycles. The fourth-order valence-electron chi connectivity index (χ4n) is 1.59. The van der Waals surface area contributed by atoms with E-state index in [-0.39, 0.29) is 0 Å². The zero-order valence-corrected chi connectivity index (χ0v) is 11.1. The van der Waals surface area contributed by atoms with E-state index in [4.69, 9.17) is 0 Å². The molecule has 2 rings (SSSR count). The van der Waals surface area contributed by atoms with E-state index in [1.165, 1.54) is 0 Å². The molecule has 0 aliphatic carbocycles. The van der Waals surface area contributed by atoms with Gasteiger partial charge in [0.2, 0.25) is 0 Å². The average Bonchev–Trinajstić information content (AvgIpc) is 2.52. The lowest BCUT2D eigenvalue weighted by Gasteiger charge is -1.88. The number of hydrogen-bond donors (Lipinski definition) is 0. The molecule has 2 heteroatoms. The van der Waals surface area contributed by atoms with Gasteiger partial charge in [-0.05, 0) is 23.3 Å². The van der Waals surface area contributed by atoms with Gasteiger partial charge in [-0.15, -0.1) is 0 Å². The molecule has 2 aromatic carbocycles. The molecule has 0 aromatic heterocycles. The third-order valence-corrected chi connectivity index (χ3v) is 2.55. The van der Waals surface area contributed by atoms with Crippen molar-refractivity contribution in [2.24, 2.45) is 10.2 Å². The second kappa shape index (κ2) is 8.38. The molecule has 0 saturated carbocycles. The molecule has 20 heavy (non-hydrogen) atoms. The van der Waals surface area contributed by atoms with Gasteiger partial charge in [0.15, 0.2) is 0 Å². The minimum absolute atomic E-state index is 1.15. The SMILES string of the molecule is C(=Cc1ccccc1)/C=N/N=C/C=C/c1ccccc1. The van der Waals surface area contributed by atoms with Crippen molar-refractivity contribution in [3.05, 3.63) is 83.9 Å². The number of hydrogen-bond acceptors (Lipinski definition) is 2. The third kappa shape index (κ3) is 5.27. The van der Waals surface area contributed by atoms with Crippen LogP contribution in [0, 0.1) is 0 Å². The molecule has 0 radical (unpaired) electrons. The van der Waals surface area contributed by atoms with Gasteiger partial charge < -0.3 is 0 Å². The molecule has 98 valence electrons. The Bertz CT molecular complexity index is 551. The Hall–Kier alpha value is -2.74. The lowest BCUT2D eigenvalue weighted by molar-refractivity contribution is 1.27. The first-order valence-electron chi connectivity index (χ1n) is 6.45. The third-order valence-electron chi connectivity index (χ3n) is 2.55. The molecule has 2 nitrogen and oxygen atoms in total. The van der Waals surface area contributed by atoms with Crippen LogP contribution in [0.25, 0.3) is 12.2 Å². The van der Waals surface area contributed by atoms with Crippen LogP contribution in [-0.4, -0.2) is 12.4 Å². The highest BCUT2D eigenvalue weighted by atomic mass is 15.2. The van der Waals surface area contributed by atoms with E-state index >= 15 is 0 Å². The van der Waals surface area contributed by atoms with E-state index in [1.807, 2.05) is 85.0 Å². The molecule has 0 bridgehead atoms. The fourth-order valence-corrected chi connectivity index (χ4v) is 1.59. The van der Waals surface area contributed by atoms with Crippen molar-refractivity contribution in [1.82, 2.24) is 0 Å². The molecule has 0 fully saturated rings. The standard InChI is InChI=1S/C18H16N2/c1-3-9-17(10-4-1)13-7-15-19-20-16-8-14-18-11-5-2-6-12-18/h1-16H/b13-7+,14-8?,19-15+,20-16+. The summed E-state index contributed by atoms with van der Waals surface area (Å²) in [4.78, 5) is 0. The molecule has 0 aliphatic heterocycles. The van der Waals surface area contributed by atoms with Crippen LogP contribution in [0.1, 0.15) is 11.1 Å². The van der Waals surface area contributed by atoms with Crippen LogP contribution in [-0.2, 0) is 0 Å². The highest BCUT2D eigenvalue weighted by Gasteiger charge is 1.80. The van der Waals surface area contributed by atoms with Crippen LogP contribution < -0.4 is 0 Å². The molecular formula is C18H16N2. The zero-order valence-electron chi connectivity index (χ0n) is 11.1. The Morgan fingerprint density at radius 2 is 0.950 bits per heavy atom. The van der Waals surface area contributed by atoms with E-state index in [1.54, 1.807) is 12.4 Å².